The van der Waals surface area contributed by atoms with Crippen molar-refractivity contribution in [3.05, 3.63) is 65.6 Å². The SMILES string of the molecule is COC(=O)CC1(NS(=O)(=O)c2ccc(OCc3cc(C)nc4c(F)cccc34)cc2)CN(C(C)=O)C1. The summed E-state index contributed by atoms with van der Waals surface area (Å²) in [6.45, 7) is 3.42. The number of aromatic nitrogens is 1. The van der Waals surface area contributed by atoms with Crippen molar-refractivity contribution in [2.24, 2.45) is 0 Å². The van der Waals surface area contributed by atoms with E-state index in [4.69, 9.17) is 9.47 Å². The Morgan fingerprint density at radius 3 is 2.50 bits per heavy atom. The summed E-state index contributed by atoms with van der Waals surface area (Å²) in [7, 11) is -2.79. The number of para-hydroxylation sites is 1. The van der Waals surface area contributed by atoms with Gasteiger partial charge in [0.05, 0.1) is 24.0 Å². The summed E-state index contributed by atoms with van der Waals surface area (Å²) >= 11 is 0. The van der Waals surface area contributed by atoms with Gasteiger partial charge in [-0.25, -0.2) is 17.5 Å². The largest absolute Gasteiger partial charge is 0.489 e. The van der Waals surface area contributed by atoms with Gasteiger partial charge >= 0.3 is 5.97 Å². The number of ether oxygens (including phenoxy) is 2. The van der Waals surface area contributed by atoms with E-state index in [9.17, 15) is 22.4 Å². The van der Waals surface area contributed by atoms with E-state index < -0.39 is 27.3 Å². The molecule has 0 unspecified atom stereocenters. The molecule has 190 valence electrons. The topological polar surface area (TPSA) is 115 Å². The molecule has 2 heterocycles. The Kier molecular flexibility index (Phi) is 6.96. The number of benzene rings is 2. The van der Waals surface area contributed by atoms with E-state index in [1.807, 2.05) is 6.07 Å². The fourth-order valence-electron chi connectivity index (χ4n) is 4.23. The number of fused-ring (bicyclic) bond motifs is 1. The minimum atomic E-state index is -4.01. The zero-order chi connectivity index (χ0) is 26.1. The Labute approximate surface area is 208 Å². The molecule has 1 amide bonds. The predicted molar refractivity (Wildman–Crippen MR) is 129 cm³/mol. The van der Waals surface area contributed by atoms with Gasteiger partial charge in [0, 0.05) is 36.7 Å². The zero-order valence-electron chi connectivity index (χ0n) is 20.1. The lowest BCUT2D eigenvalue weighted by molar-refractivity contribution is -0.148. The number of carbonyl (C=O) groups is 2. The van der Waals surface area contributed by atoms with Gasteiger partial charge in [-0.05, 0) is 43.3 Å². The zero-order valence-corrected chi connectivity index (χ0v) is 20.9. The Bertz CT molecular complexity index is 1420. The van der Waals surface area contributed by atoms with Crippen LogP contribution in [-0.2, 0) is 31.0 Å². The summed E-state index contributed by atoms with van der Waals surface area (Å²) in [5, 5.41) is 0.639. The van der Waals surface area contributed by atoms with Gasteiger partial charge in [0.2, 0.25) is 15.9 Å². The number of halogens is 1. The van der Waals surface area contributed by atoms with Gasteiger partial charge < -0.3 is 14.4 Å². The molecule has 3 aromatic rings. The lowest BCUT2D eigenvalue weighted by Gasteiger charge is -2.49. The molecule has 9 nitrogen and oxygen atoms in total. The highest BCUT2D eigenvalue weighted by atomic mass is 32.2. The molecule has 11 heteroatoms. The van der Waals surface area contributed by atoms with Gasteiger partial charge in [-0.3, -0.25) is 14.6 Å². The summed E-state index contributed by atoms with van der Waals surface area (Å²) in [5.74, 6) is -0.787. The standard InChI is InChI=1S/C25H26FN3O6S/c1-16-11-18(21-5-4-6-22(26)24(21)27-16)13-35-19-7-9-20(10-8-19)36(32,33)28-25(12-23(31)34-3)14-29(15-25)17(2)30/h4-11,28H,12-15H2,1-3H3. The summed E-state index contributed by atoms with van der Waals surface area (Å²) in [6, 6.07) is 12.3. The van der Waals surface area contributed by atoms with E-state index >= 15 is 0 Å². The molecule has 1 fully saturated rings. The Morgan fingerprint density at radius 1 is 1.17 bits per heavy atom. The third-order valence-corrected chi connectivity index (χ3v) is 7.62. The van der Waals surface area contributed by atoms with Crippen LogP contribution in [0.2, 0.25) is 0 Å². The van der Waals surface area contributed by atoms with E-state index in [1.54, 1.807) is 19.1 Å². The van der Waals surface area contributed by atoms with Crippen LogP contribution in [0.4, 0.5) is 4.39 Å². The maximum absolute atomic E-state index is 14.2. The maximum atomic E-state index is 14.2. The minimum absolute atomic E-state index is 0.0207. The van der Waals surface area contributed by atoms with Gasteiger partial charge in [0.15, 0.2) is 0 Å². The number of sulfonamides is 1. The molecule has 36 heavy (non-hydrogen) atoms. The van der Waals surface area contributed by atoms with Crippen LogP contribution < -0.4 is 9.46 Å². The number of likely N-dealkylation sites (tertiary alicyclic amines) is 1. The van der Waals surface area contributed by atoms with Crippen LogP contribution in [0.1, 0.15) is 24.6 Å². The van der Waals surface area contributed by atoms with Crippen molar-refractivity contribution >= 4 is 32.8 Å². The fourth-order valence-corrected chi connectivity index (χ4v) is 5.62. The summed E-state index contributed by atoms with van der Waals surface area (Å²) in [5.41, 5.74) is 0.533. The average molecular weight is 516 g/mol. The number of aryl methyl sites for hydroxylation is 1. The molecule has 4 rings (SSSR count). The number of carbonyl (C=O) groups excluding carboxylic acids is 2. The Balaban J connectivity index is 1.48. The number of esters is 1. The average Bonchev–Trinajstić information content (AvgIpc) is 2.81. The van der Waals surface area contributed by atoms with E-state index in [0.717, 1.165) is 5.56 Å². The number of amides is 1. The van der Waals surface area contributed by atoms with Crippen molar-refractivity contribution in [1.29, 1.82) is 0 Å². The van der Waals surface area contributed by atoms with Gasteiger partial charge in [0.1, 0.15) is 23.7 Å². The molecule has 2 aromatic carbocycles. The van der Waals surface area contributed by atoms with Crippen molar-refractivity contribution in [3.63, 3.8) is 0 Å². The number of rotatable bonds is 8. The molecule has 0 radical (unpaired) electrons. The van der Waals surface area contributed by atoms with Crippen LogP contribution in [0.3, 0.4) is 0 Å². The molecule has 1 aliphatic heterocycles. The molecular formula is C25H26FN3O6S. The number of nitrogens with one attached hydrogen (secondary N) is 1. The van der Waals surface area contributed by atoms with Crippen LogP contribution in [0.15, 0.2) is 53.4 Å². The first-order valence-corrected chi connectivity index (χ1v) is 12.6. The van der Waals surface area contributed by atoms with Crippen molar-refractivity contribution in [2.45, 2.75) is 37.3 Å². The number of hydrogen-bond acceptors (Lipinski definition) is 7. The third-order valence-electron chi connectivity index (χ3n) is 6.03. The molecule has 0 spiro atoms. The number of pyridine rings is 1. The second kappa shape index (κ2) is 9.82. The molecule has 1 aromatic heterocycles. The number of hydrogen-bond donors (Lipinski definition) is 1. The molecule has 0 bridgehead atoms. The normalized spacial score (nSPS) is 14.8. The second-order valence-electron chi connectivity index (χ2n) is 8.83. The van der Waals surface area contributed by atoms with Crippen LogP contribution in [0, 0.1) is 12.7 Å². The van der Waals surface area contributed by atoms with Crippen LogP contribution >= 0.6 is 0 Å². The summed E-state index contributed by atoms with van der Waals surface area (Å²) < 4.78 is 53.3. The molecule has 0 aliphatic carbocycles. The van der Waals surface area contributed by atoms with Crippen molar-refractivity contribution < 1.29 is 31.9 Å². The lowest BCUT2D eigenvalue weighted by atomic mass is 9.87. The first-order chi connectivity index (χ1) is 17.0. The van der Waals surface area contributed by atoms with E-state index in [-0.39, 0.29) is 42.4 Å². The van der Waals surface area contributed by atoms with Crippen LogP contribution in [0.5, 0.6) is 5.75 Å². The molecule has 1 saturated heterocycles. The third kappa shape index (κ3) is 5.31. The van der Waals surface area contributed by atoms with Gasteiger partial charge in [-0.15, -0.1) is 0 Å². The number of nitrogens with zero attached hydrogens (tertiary/aromatic N) is 2. The smallest absolute Gasteiger partial charge is 0.307 e. The minimum Gasteiger partial charge on any atom is -0.489 e. The van der Waals surface area contributed by atoms with Gasteiger partial charge in [-0.1, -0.05) is 12.1 Å². The molecule has 0 atom stereocenters. The highest BCUT2D eigenvalue weighted by Gasteiger charge is 2.48. The predicted octanol–water partition coefficient (Wildman–Crippen LogP) is 2.70. The highest BCUT2D eigenvalue weighted by Crippen LogP contribution is 2.29. The first kappa shape index (κ1) is 25.5. The summed E-state index contributed by atoms with van der Waals surface area (Å²) in [4.78, 5) is 29.2. The van der Waals surface area contributed by atoms with E-state index in [0.29, 0.717) is 16.8 Å². The van der Waals surface area contributed by atoms with Gasteiger partial charge in [0.25, 0.3) is 0 Å². The van der Waals surface area contributed by atoms with E-state index in [2.05, 4.69) is 9.71 Å². The van der Waals surface area contributed by atoms with Gasteiger partial charge in [-0.2, -0.15) is 0 Å². The quantitative estimate of drug-likeness (QED) is 0.459. The highest BCUT2D eigenvalue weighted by molar-refractivity contribution is 7.89. The summed E-state index contributed by atoms with van der Waals surface area (Å²) in [6.07, 6.45) is -0.201. The Hall–Kier alpha value is -3.57. The van der Waals surface area contributed by atoms with Crippen molar-refractivity contribution in [2.75, 3.05) is 20.2 Å². The Morgan fingerprint density at radius 2 is 1.86 bits per heavy atom. The monoisotopic (exact) mass is 515 g/mol. The van der Waals surface area contributed by atoms with Crippen molar-refractivity contribution in [1.82, 2.24) is 14.6 Å². The van der Waals surface area contributed by atoms with Crippen molar-refractivity contribution in [3.8, 4) is 5.75 Å². The second-order valence-corrected chi connectivity index (χ2v) is 10.5. The van der Waals surface area contributed by atoms with Crippen LogP contribution in [-0.4, -0.2) is 55.9 Å². The maximum Gasteiger partial charge on any atom is 0.307 e. The molecular weight excluding hydrogens is 489 g/mol. The molecule has 1 aliphatic rings. The van der Waals surface area contributed by atoms with E-state index in [1.165, 1.54) is 49.3 Å². The molecule has 0 saturated carbocycles. The first-order valence-electron chi connectivity index (χ1n) is 11.2. The number of methoxy groups -OCH3 is 1. The fraction of sp³-hybridized carbons (Fsp3) is 0.320. The lowest BCUT2D eigenvalue weighted by Crippen LogP contribution is -2.71. The molecule has 1 N–H and O–H groups in total. The van der Waals surface area contributed by atoms with Crippen LogP contribution in [0.25, 0.3) is 10.9 Å².